The van der Waals surface area contributed by atoms with Crippen LogP contribution in [0.1, 0.15) is 18.4 Å². The maximum atomic E-state index is 10.5. The van der Waals surface area contributed by atoms with E-state index in [9.17, 15) is 4.79 Å². The Morgan fingerprint density at radius 1 is 1.75 bits per heavy atom. The highest BCUT2D eigenvalue weighted by Gasteiger charge is 2.17. The van der Waals surface area contributed by atoms with Crippen molar-refractivity contribution in [1.29, 1.82) is 0 Å². The van der Waals surface area contributed by atoms with Crippen LogP contribution in [0.25, 0.3) is 0 Å². The molecule has 0 saturated carbocycles. The molecule has 1 aromatic heterocycles. The third-order valence-electron chi connectivity index (χ3n) is 1.53. The first kappa shape index (κ1) is 8.93. The number of aliphatic carboxylic acids is 1. The molecule has 0 radical (unpaired) electrons. The van der Waals surface area contributed by atoms with Gasteiger partial charge in [0.15, 0.2) is 0 Å². The van der Waals surface area contributed by atoms with Gasteiger partial charge in [0.2, 0.25) is 0 Å². The molecule has 0 fully saturated rings. The summed E-state index contributed by atoms with van der Waals surface area (Å²) in [5, 5.41) is 8.84. The van der Waals surface area contributed by atoms with Gasteiger partial charge in [-0.1, -0.05) is 11.6 Å². The smallest absolute Gasteiger partial charge is 0.310 e. The molecule has 1 aromatic rings. The molecule has 4 nitrogen and oxygen atoms in total. The summed E-state index contributed by atoms with van der Waals surface area (Å²) in [6.45, 7) is 1.53. The Hall–Kier alpha value is -1.16. The molecule has 0 bridgehead atoms. The molecule has 0 amide bonds. The molecule has 0 saturated heterocycles. The van der Waals surface area contributed by atoms with Crippen LogP contribution in [-0.2, 0) is 4.79 Å². The predicted octanol–water partition coefficient (Wildman–Crippen LogP) is 1.32. The average molecular weight is 187 g/mol. The van der Waals surface area contributed by atoms with Crippen LogP contribution in [-0.4, -0.2) is 21.0 Å². The molecule has 1 atom stereocenters. The number of rotatable bonds is 2. The summed E-state index contributed by atoms with van der Waals surface area (Å²) >= 11 is 5.65. The average Bonchev–Trinajstić information content (AvgIpc) is 2.04. The first-order chi connectivity index (χ1) is 5.63. The highest BCUT2D eigenvalue weighted by Crippen LogP contribution is 2.20. The minimum absolute atomic E-state index is 0.194. The first-order valence-electron chi connectivity index (χ1n) is 3.31. The van der Waals surface area contributed by atoms with E-state index in [-0.39, 0.29) is 5.15 Å². The second-order valence-corrected chi connectivity index (χ2v) is 2.69. The van der Waals surface area contributed by atoms with Crippen LogP contribution < -0.4 is 0 Å². The van der Waals surface area contributed by atoms with E-state index in [1.807, 2.05) is 0 Å². The molecule has 0 aliphatic rings. The third-order valence-corrected chi connectivity index (χ3v) is 1.84. The standard InChI is InChI=1S/C7H7ClN2O2/c1-4(7(11)12)5-2-9-3-10-6(5)8/h2-4H,1H3,(H,11,12). The zero-order chi connectivity index (χ0) is 9.14. The van der Waals surface area contributed by atoms with Crippen molar-refractivity contribution >= 4 is 17.6 Å². The lowest BCUT2D eigenvalue weighted by molar-refractivity contribution is -0.138. The van der Waals surface area contributed by atoms with Crippen LogP contribution in [0.2, 0.25) is 5.15 Å². The van der Waals surface area contributed by atoms with Gasteiger partial charge in [-0.15, -0.1) is 0 Å². The number of carboxylic acid groups (broad SMARTS) is 1. The minimum atomic E-state index is -0.938. The molecule has 64 valence electrons. The number of hydrogen-bond donors (Lipinski definition) is 1. The molecule has 12 heavy (non-hydrogen) atoms. The first-order valence-corrected chi connectivity index (χ1v) is 3.69. The molecule has 1 rings (SSSR count). The fraction of sp³-hybridized carbons (Fsp3) is 0.286. The molecule has 1 unspecified atom stereocenters. The Labute approximate surface area is 74.2 Å². The zero-order valence-corrected chi connectivity index (χ0v) is 7.12. The van der Waals surface area contributed by atoms with Crippen LogP contribution in [0.15, 0.2) is 12.5 Å². The normalized spacial score (nSPS) is 12.5. The summed E-state index contributed by atoms with van der Waals surface area (Å²) in [4.78, 5) is 17.9. The van der Waals surface area contributed by atoms with Crippen molar-refractivity contribution in [3.8, 4) is 0 Å². The van der Waals surface area contributed by atoms with Crippen LogP contribution >= 0.6 is 11.6 Å². The number of nitrogens with zero attached hydrogens (tertiary/aromatic N) is 2. The summed E-state index contributed by atoms with van der Waals surface area (Å²) in [6.07, 6.45) is 2.69. The van der Waals surface area contributed by atoms with Gasteiger partial charge in [0.05, 0.1) is 5.92 Å². The van der Waals surface area contributed by atoms with Crippen molar-refractivity contribution in [3.63, 3.8) is 0 Å². The Morgan fingerprint density at radius 2 is 2.42 bits per heavy atom. The van der Waals surface area contributed by atoms with Gasteiger partial charge >= 0.3 is 5.97 Å². The van der Waals surface area contributed by atoms with E-state index in [4.69, 9.17) is 16.7 Å². The Kier molecular flexibility index (Phi) is 2.60. The maximum absolute atomic E-state index is 10.5. The number of carbonyl (C=O) groups is 1. The Balaban J connectivity index is 3.02. The third kappa shape index (κ3) is 1.71. The summed E-state index contributed by atoms with van der Waals surface area (Å²) < 4.78 is 0. The molecule has 0 aliphatic heterocycles. The van der Waals surface area contributed by atoms with E-state index < -0.39 is 11.9 Å². The molecule has 1 N–H and O–H groups in total. The molecule has 1 heterocycles. The SMILES string of the molecule is CC(C(=O)O)c1cncnc1Cl. The van der Waals surface area contributed by atoms with E-state index in [0.717, 1.165) is 0 Å². The van der Waals surface area contributed by atoms with Gasteiger partial charge in [0.25, 0.3) is 0 Å². The molecular weight excluding hydrogens is 180 g/mol. The monoisotopic (exact) mass is 186 g/mol. The van der Waals surface area contributed by atoms with Gasteiger partial charge in [0.1, 0.15) is 11.5 Å². The highest BCUT2D eigenvalue weighted by molar-refractivity contribution is 6.30. The summed E-state index contributed by atoms with van der Waals surface area (Å²) in [7, 11) is 0. The number of carboxylic acids is 1. The molecule has 5 heteroatoms. The van der Waals surface area contributed by atoms with E-state index in [0.29, 0.717) is 5.56 Å². The second-order valence-electron chi connectivity index (χ2n) is 2.33. The van der Waals surface area contributed by atoms with Crippen molar-refractivity contribution in [2.75, 3.05) is 0 Å². The lowest BCUT2D eigenvalue weighted by atomic mass is 10.1. The fourth-order valence-corrected chi connectivity index (χ4v) is 1.01. The van der Waals surface area contributed by atoms with Crippen LogP contribution in [0, 0.1) is 0 Å². The molecule has 0 aromatic carbocycles. The van der Waals surface area contributed by atoms with E-state index in [2.05, 4.69) is 9.97 Å². The summed E-state index contributed by atoms with van der Waals surface area (Å²) in [6, 6.07) is 0. The molecule has 0 aliphatic carbocycles. The van der Waals surface area contributed by atoms with Crippen molar-refractivity contribution in [1.82, 2.24) is 9.97 Å². The lowest BCUT2D eigenvalue weighted by Crippen LogP contribution is -2.08. The highest BCUT2D eigenvalue weighted by atomic mass is 35.5. The van der Waals surface area contributed by atoms with Gasteiger partial charge in [-0.05, 0) is 6.92 Å². The van der Waals surface area contributed by atoms with Crippen LogP contribution in [0.3, 0.4) is 0 Å². The van der Waals surface area contributed by atoms with Gasteiger partial charge in [-0.2, -0.15) is 0 Å². The summed E-state index contributed by atoms with van der Waals surface area (Å²) in [5.74, 6) is -1.61. The van der Waals surface area contributed by atoms with Crippen LogP contribution in [0.5, 0.6) is 0 Å². The Morgan fingerprint density at radius 3 is 2.92 bits per heavy atom. The van der Waals surface area contributed by atoms with Crippen molar-refractivity contribution in [3.05, 3.63) is 23.2 Å². The van der Waals surface area contributed by atoms with E-state index in [1.54, 1.807) is 0 Å². The molecule has 0 spiro atoms. The number of hydrogen-bond acceptors (Lipinski definition) is 3. The maximum Gasteiger partial charge on any atom is 0.310 e. The molecular formula is C7H7ClN2O2. The quantitative estimate of drug-likeness (QED) is 0.708. The van der Waals surface area contributed by atoms with Crippen molar-refractivity contribution < 1.29 is 9.90 Å². The zero-order valence-electron chi connectivity index (χ0n) is 6.36. The van der Waals surface area contributed by atoms with E-state index >= 15 is 0 Å². The van der Waals surface area contributed by atoms with Crippen LogP contribution in [0.4, 0.5) is 0 Å². The van der Waals surface area contributed by atoms with Gasteiger partial charge < -0.3 is 5.11 Å². The second kappa shape index (κ2) is 3.49. The Bertz CT molecular complexity index is 303. The van der Waals surface area contributed by atoms with Crippen molar-refractivity contribution in [2.45, 2.75) is 12.8 Å². The number of halogens is 1. The van der Waals surface area contributed by atoms with Gasteiger partial charge in [-0.25, -0.2) is 9.97 Å². The topological polar surface area (TPSA) is 63.1 Å². The fourth-order valence-electron chi connectivity index (χ4n) is 0.749. The van der Waals surface area contributed by atoms with Crippen molar-refractivity contribution in [2.24, 2.45) is 0 Å². The largest absolute Gasteiger partial charge is 0.481 e. The van der Waals surface area contributed by atoms with E-state index in [1.165, 1.54) is 19.4 Å². The van der Waals surface area contributed by atoms with Gasteiger partial charge in [0, 0.05) is 11.8 Å². The summed E-state index contributed by atoms with van der Waals surface area (Å²) in [5.41, 5.74) is 0.437. The number of aromatic nitrogens is 2. The predicted molar refractivity (Wildman–Crippen MR) is 43.1 cm³/mol. The minimum Gasteiger partial charge on any atom is -0.481 e. The van der Waals surface area contributed by atoms with Gasteiger partial charge in [-0.3, -0.25) is 4.79 Å². The lowest BCUT2D eigenvalue weighted by Gasteiger charge is -2.05.